The first-order valence-electron chi connectivity index (χ1n) is 10.7. The molecule has 4 rings (SSSR count). The molecule has 2 heterocycles. The van der Waals surface area contributed by atoms with Crippen LogP contribution >= 0.6 is 0 Å². The molecule has 1 saturated heterocycles. The van der Waals surface area contributed by atoms with Crippen molar-refractivity contribution in [2.75, 3.05) is 25.0 Å². The van der Waals surface area contributed by atoms with Crippen molar-refractivity contribution >= 4 is 38.9 Å². The minimum absolute atomic E-state index is 0.142. The third kappa shape index (κ3) is 4.39. The number of sulfonamides is 1. The van der Waals surface area contributed by atoms with Crippen LogP contribution in [0.5, 0.6) is 0 Å². The molecule has 1 saturated carbocycles. The summed E-state index contributed by atoms with van der Waals surface area (Å²) in [4.78, 5) is 8.61. The molecule has 0 amide bonds. The third-order valence-corrected chi connectivity index (χ3v) is 8.31. The number of anilines is 1. The highest BCUT2D eigenvalue weighted by Crippen LogP contribution is 2.33. The van der Waals surface area contributed by atoms with Crippen molar-refractivity contribution in [1.29, 1.82) is 5.41 Å². The van der Waals surface area contributed by atoms with Crippen molar-refractivity contribution < 1.29 is 8.42 Å². The molecule has 2 fully saturated rings. The highest BCUT2D eigenvalue weighted by Gasteiger charge is 2.41. The Hall–Kier alpha value is -2.32. The molecule has 1 aromatic heterocycles. The van der Waals surface area contributed by atoms with Gasteiger partial charge in [-0.2, -0.15) is 0 Å². The molecule has 8 heteroatoms. The van der Waals surface area contributed by atoms with Gasteiger partial charge in [-0.1, -0.05) is 0 Å². The topological polar surface area (TPSA) is 98.5 Å². The Balaban J connectivity index is 1.55. The highest BCUT2D eigenvalue weighted by molar-refractivity contribution is 7.90. The van der Waals surface area contributed by atoms with Crippen molar-refractivity contribution in [1.82, 2.24) is 9.29 Å². The van der Waals surface area contributed by atoms with Gasteiger partial charge in [-0.25, -0.2) is 12.7 Å². The zero-order valence-corrected chi connectivity index (χ0v) is 18.1. The second kappa shape index (κ2) is 8.81. The number of hydrogen-bond acceptors (Lipinski definition) is 6. The molecule has 2 aliphatic rings. The summed E-state index contributed by atoms with van der Waals surface area (Å²) >= 11 is 0. The van der Waals surface area contributed by atoms with Crippen LogP contribution in [-0.2, 0) is 10.0 Å². The van der Waals surface area contributed by atoms with Crippen molar-refractivity contribution in [2.45, 2.75) is 49.8 Å². The van der Waals surface area contributed by atoms with Gasteiger partial charge < -0.3 is 10.7 Å². The van der Waals surface area contributed by atoms with Gasteiger partial charge in [0, 0.05) is 61.6 Å². The quantitative estimate of drug-likeness (QED) is 0.631. The minimum Gasteiger partial charge on any atom is -0.382 e. The van der Waals surface area contributed by atoms with E-state index in [9.17, 15) is 8.42 Å². The van der Waals surface area contributed by atoms with Crippen molar-refractivity contribution in [3.05, 3.63) is 36.2 Å². The SMILES string of the molecule is CCN=CC(C=N)c1cc(NC2CCN(S(=O)(=O)C3CC3)CC2)c2cnccc2c1. The van der Waals surface area contributed by atoms with Gasteiger partial charge in [0.25, 0.3) is 0 Å². The fraction of sp³-hybridized carbons (Fsp3) is 0.500. The van der Waals surface area contributed by atoms with Crippen LogP contribution in [0.25, 0.3) is 10.8 Å². The van der Waals surface area contributed by atoms with E-state index >= 15 is 0 Å². The molecule has 7 nitrogen and oxygen atoms in total. The van der Waals surface area contributed by atoms with E-state index in [1.54, 1.807) is 10.5 Å². The van der Waals surface area contributed by atoms with Gasteiger partial charge in [-0.05, 0) is 61.8 Å². The maximum absolute atomic E-state index is 12.5. The fourth-order valence-corrected chi connectivity index (χ4v) is 5.90. The largest absolute Gasteiger partial charge is 0.382 e. The molecular weight excluding hydrogens is 398 g/mol. The number of pyridine rings is 1. The van der Waals surface area contributed by atoms with E-state index in [2.05, 4.69) is 27.4 Å². The van der Waals surface area contributed by atoms with Crippen molar-refractivity contribution in [3.8, 4) is 0 Å². The summed E-state index contributed by atoms with van der Waals surface area (Å²) in [7, 11) is -3.09. The van der Waals surface area contributed by atoms with Gasteiger partial charge in [0.15, 0.2) is 0 Å². The Morgan fingerprint density at radius 1 is 1.30 bits per heavy atom. The van der Waals surface area contributed by atoms with Gasteiger partial charge in [0.2, 0.25) is 10.0 Å². The molecule has 1 aliphatic carbocycles. The second-order valence-corrected chi connectivity index (χ2v) is 10.3. The van der Waals surface area contributed by atoms with Gasteiger partial charge in [-0.15, -0.1) is 0 Å². The van der Waals surface area contributed by atoms with Gasteiger partial charge in [0.1, 0.15) is 0 Å². The average molecular weight is 428 g/mol. The van der Waals surface area contributed by atoms with E-state index in [0.29, 0.717) is 19.6 Å². The van der Waals surface area contributed by atoms with Crippen LogP contribution < -0.4 is 5.32 Å². The first-order valence-corrected chi connectivity index (χ1v) is 12.2. The number of hydrogen-bond donors (Lipinski definition) is 2. The van der Waals surface area contributed by atoms with Gasteiger partial charge in [0.05, 0.1) is 11.2 Å². The molecular formula is C22H29N5O2S. The van der Waals surface area contributed by atoms with E-state index in [1.807, 2.05) is 25.4 Å². The average Bonchev–Trinajstić information content (AvgIpc) is 3.61. The second-order valence-electron chi connectivity index (χ2n) is 8.07. The summed E-state index contributed by atoms with van der Waals surface area (Å²) in [5.74, 6) is -0.173. The molecule has 0 bridgehead atoms. The van der Waals surface area contributed by atoms with Gasteiger partial charge in [-0.3, -0.25) is 9.98 Å². The number of fused-ring (bicyclic) bond motifs is 1. The lowest BCUT2D eigenvalue weighted by Gasteiger charge is -2.32. The van der Waals surface area contributed by atoms with E-state index in [0.717, 1.165) is 47.7 Å². The summed E-state index contributed by atoms with van der Waals surface area (Å²) in [6.45, 7) is 3.80. The maximum atomic E-state index is 12.5. The van der Waals surface area contributed by atoms with E-state index in [1.165, 1.54) is 6.21 Å². The van der Waals surface area contributed by atoms with Crippen LogP contribution in [0.3, 0.4) is 0 Å². The normalized spacial score (nSPS) is 19.9. The molecule has 1 unspecified atom stereocenters. The Kier molecular flexibility index (Phi) is 6.15. The molecule has 160 valence electrons. The van der Waals surface area contributed by atoms with Crippen LogP contribution in [0.1, 0.15) is 44.1 Å². The van der Waals surface area contributed by atoms with Crippen LogP contribution in [0, 0.1) is 5.41 Å². The summed E-state index contributed by atoms with van der Waals surface area (Å²) in [5, 5.41) is 13.4. The van der Waals surface area contributed by atoms with E-state index in [4.69, 9.17) is 5.41 Å². The number of benzene rings is 1. The number of rotatable bonds is 8. The third-order valence-electron chi connectivity index (χ3n) is 5.91. The lowest BCUT2D eigenvalue weighted by molar-refractivity contribution is 0.329. The maximum Gasteiger partial charge on any atom is 0.216 e. The molecule has 1 aliphatic heterocycles. The lowest BCUT2D eigenvalue weighted by Crippen LogP contribution is -2.43. The zero-order chi connectivity index (χ0) is 21.1. The Morgan fingerprint density at radius 2 is 2.07 bits per heavy atom. The summed E-state index contributed by atoms with van der Waals surface area (Å²) in [5.41, 5.74) is 1.99. The number of piperidine rings is 1. The van der Waals surface area contributed by atoms with Crippen molar-refractivity contribution in [2.24, 2.45) is 4.99 Å². The summed E-state index contributed by atoms with van der Waals surface area (Å²) in [6, 6.07) is 6.35. The fourth-order valence-electron chi connectivity index (χ4n) is 4.03. The lowest BCUT2D eigenvalue weighted by atomic mass is 9.96. The number of nitrogens with zero attached hydrogens (tertiary/aromatic N) is 3. The monoisotopic (exact) mass is 427 g/mol. The molecule has 2 N–H and O–H groups in total. The van der Waals surface area contributed by atoms with Crippen LogP contribution in [0.2, 0.25) is 0 Å². The Bertz CT molecular complexity index is 1040. The van der Waals surface area contributed by atoms with Crippen LogP contribution in [0.4, 0.5) is 5.69 Å². The first-order chi connectivity index (χ1) is 14.5. The summed E-state index contributed by atoms with van der Waals surface area (Å²) < 4.78 is 26.7. The first kappa shape index (κ1) is 20.9. The molecule has 1 atom stereocenters. The van der Waals surface area contributed by atoms with E-state index in [-0.39, 0.29) is 17.2 Å². The minimum atomic E-state index is -3.09. The predicted molar refractivity (Wildman–Crippen MR) is 122 cm³/mol. The molecule has 0 radical (unpaired) electrons. The number of nitrogens with one attached hydrogen (secondary N) is 2. The van der Waals surface area contributed by atoms with Crippen LogP contribution in [0.15, 0.2) is 35.6 Å². The van der Waals surface area contributed by atoms with Gasteiger partial charge >= 0.3 is 0 Å². The molecule has 1 aromatic carbocycles. The predicted octanol–water partition coefficient (Wildman–Crippen LogP) is 3.43. The standard InChI is InChI=1S/C22H29N5O2S/c1-2-24-14-18(13-23)17-11-16-5-8-25-15-21(16)22(12-17)26-19-6-9-27(10-7-19)30(28,29)20-3-4-20/h5,8,11-15,18-20,23,26H,2-4,6-7,9-10H2,1H3. The highest BCUT2D eigenvalue weighted by atomic mass is 32.2. The molecule has 2 aromatic rings. The Labute approximate surface area is 178 Å². The number of aliphatic imine (C=N–C) groups is 1. The van der Waals surface area contributed by atoms with Crippen molar-refractivity contribution in [3.63, 3.8) is 0 Å². The Morgan fingerprint density at radius 3 is 2.73 bits per heavy atom. The molecule has 0 spiro atoms. The van der Waals surface area contributed by atoms with E-state index < -0.39 is 10.0 Å². The zero-order valence-electron chi connectivity index (χ0n) is 17.3. The van der Waals surface area contributed by atoms with Crippen LogP contribution in [-0.4, -0.2) is 61.1 Å². The number of aromatic nitrogens is 1. The smallest absolute Gasteiger partial charge is 0.216 e. The molecule has 30 heavy (non-hydrogen) atoms. The summed E-state index contributed by atoms with van der Waals surface area (Å²) in [6.07, 6.45) is 10.0.